The Bertz CT molecular complexity index is 944. The first-order chi connectivity index (χ1) is 13.3. The summed E-state index contributed by atoms with van der Waals surface area (Å²) in [4.78, 5) is 24.0. The lowest BCUT2D eigenvalue weighted by atomic mass is 10.1. The van der Waals surface area contributed by atoms with Crippen LogP contribution in [0.1, 0.15) is 31.8 Å². The maximum absolute atomic E-state index is 12.0. The summed E-state index contributed by atoms with van der Waals surface area (Å²) < 4.78 is 0. The molecule has 0 saturated carbocycles. The fourth-order valence-corrected chi connectivity index (χ4v) is 3.03. The Morgan fingerprint density at radius 1 is 0.643 bits per heavy atom. The van der Waals surface area contributed by atoms with Gasteiger partial charge >= 0.3 is 0 Å². The highest BCUT2D eigenvalue weighted by molar-refractivity contribution is 6.69. The zero-order valence-corrected chi connectivity index (χ0v) is 16.9. The van der Waals surface area contributed by atoms with Gasteiger partial charge in [-0.15, -0.1) is 0 Å². The molecule has 0 aromatic heterocycles. The predicted molar refractivity (Wildman–Crippen MR) is 116 cm³/mol. The van der Waals surface area contributed by atoms with Crippen LogP contribution in [0.15, 0.2) is 60.7 Å². The first-order valence-corrected chi connectivity index (χ1v) is 9.34. The second-order valence-electron chi connectivity index (χ2n) is 6.47. The third-order valence-corrected chi connectivity index (χ3v) is 4.65. The van der Waals surface area contributed by atoms with E-state index in [2.05, 4.69) is 10.6 Å². The standard InChI is InChI=1S/C22H18Cl2N2O2/c1-13-3-7-15(8-4-13)25-19-11-18(22(24)28)20(12-17(19)21(23)27)26-16-9-5-14(2)6-10-16/h3-12,25-26H,1-2H3. The molecule has 0 aliphatic heterocycles. The number of anilines is 4. The molecule has 2 N–H and O–H groups in total. The van der Waals surface area contributed by atoms with Crippen LogP contribution in [0, 0.1) is 13.8 Å². The molecule has 142 valence electrons. The molecule has 0 fully saturated rings. The van der Waals surface area contributed by atoms with Crippen LogP contribution in [-0.2, 0) is 0 Å². The van der Waals surface area contributed by atoms with Gasteiger partial charge in [-0.2, -0.15) is 0 Å². The quantitative estimate of drug-likeness (QED) is 0.450. The first-order valence-electron chi connectivity index (χ1n) is 8.58. The second kappa shape index (κ2) is 8.46. The van der Waals surface area contributed by atoms with Crippen LogP contribution < -0.4 is 10.6 Å². The second-order valence-corrected chi connectivity index (χ2v) is 7.16. The number of benzene rings is 3. The molecule has 28 heavy (non-hydrogen) atoms. The molecular weight excluding hydrogens is 395 g/mol. The van der Waals surface area contributed by atoms with E-state index in [9.17, 15) is 9.59 Å². The predicted octanol–water partition coefficient (Wildman–Crippen LogP) is 6.55. The van der Waals surface area contributed by atoms with Gasteiger partial charge in [0.05, 0.1) is 22.5 Å². The van der Waals surface area contributed by atoms with Crippen molar-refractivity contribution in [3.8, 4) is 0 Å². The van der Waals surface area contributed by atoms with E-state index in [1.165, 1.54) is 12.1 Å². The molecule has 0 aliphatic carbocycles. The Kier molecular flexibility index (Phi) is 6.02. The van der Waals surface area contributed by atoms with Crippen molar-refractivity contribution in [1.29, 1.82) is 0 Å². The van der Waals surface area contributed by atoms with Gasteiger partial charge in [0.2, 0.25) is 0 Å². The van der Waals surface area contributed by atoms with E-state index in [0.29, 0.717) is 11.4 Å². The topological polar surface area (TPSA) is 58.2 Å². The van der Waals surface area contributed by atoms with Gasteiger partial charge < -0.3 is 10.6 Å². The van der Waals surface area contributed by atoms with Gasteiger partial charge in [0.15, 0.2) is 0 Å². The van der Waals surface area contributed by atoms with E-state index in [4.69, 9.17) is 23.2 Å². The lowest BCUT2D eigenvalue weighted by molar-refractivity contribution is 0.107. The highest BCUT2D eigenvalue weighted by atomic mass is 35.5. The van der Waals surface area contributed by atoms with Crippen molar-refractivity contribution in [3.63, 3.8) is 0 Å². The SMILES string of the molecule is Cc1ccc(Nc2cc(C(=O)Cl)c(Nc3ccc(C)cc3)cc2C(=O)Cl)cc1. The van der Waals surface area contributed by atoms with Gasteiger partial charge in [0.1, 0.15) is 0 Å². The summed E-state index contributed by atoms with van der Waals surface area (Å²) in [6.07, 6.45) is 0. The van der Waals surface area contributed by atoms with Crippen LogP contribution in [0.25, 0.3) is 0 Å². The summed E-state index contributed by atoms with van der Waals surface area (Å²) in [5.41, 5.74) is 5.01. The lowest BCUT2D eigenvalue weighted by Gasteiger charge is -2.16. The molecule has 6 heteroatoms. The molecule has 3 aromatic rings. The Morgan fingerprint density at radius 2 is 0.964 bits per heavy atom. The Hall–Kier alpha value is -2.82. The third kappa shape index (κ3) is 4.71. The molecular formula is C22H18Cl2N2O2. The summed E-state index contributed by atoms with van der Waals surface area (Å²) in [6, 6.07) is 18.3. The number of aryl methyl sites for hydroxylation is 2. The average molecular weight is 413 g/mol. The summed E-state index contributed by atoms with van der Waals surface area (Å²) >= 11 is 11.6. The lowest BCUT2D eigenvalue weighted by Crippen LogP contribution is -2.06. The number of rotatable bonds is 6. The number of nitrogens with one attached hydrogen (secondary N) is 2. The zero-order valence-electron chi connectivity index (χ0n) is 15.3. The fraction of sp³-hybridized carbons (Fsp3) is 0.0909. The van der Waals surface area contributed by atoms with E-state index in [-0.39, 0.29) is 11.1 Å². The van der Waals surface area contributed by atoms with Crippen LogP contribution in [-0.4, -0.2) is 10.5 Å². The third-order valence-electron chi connectivity index (χ3n) is 4.24. The number of hydrogen-bond acceptors (Lipinski definition) is 4. The molecule has 0 heterocycles. The minimum Gasteiger partial charge on any atom is -0.355 e. The van der Waals surface area contributed by atoms with Crippen molar-refractivity contribution >= 4 is 56.4 Å². The largest absolute Gasteiger partial charge is 0.355 e. The molecule has 0 bridgehead atoms. The van der Waals surface area contributed by atoms with Gasteiger partial charge in [-0.25, -0.2) is 0 Å². The number of halogens is 2. The molecule has 0 amide bonds. The van der Waals surface area contributed by atoms with E-state index in [1.54, 1.807) is 0 Å². The molecule has 0 spiro atoms. The summed E-state index contributed by atoms with van der Waals surface area (Å²) in [7, 11) is 0. The van der Waals surface area contributed by atoms with Crippen LogP contribution in [0.3, 0.4) is 0 Å². The van der Waals surface area contributed by atoms with Crippen LogP contribution >= 0.6 is 23.2 Å². The molecule has 0 unspecified atom stereocenters. The van der Waals surface area contributed by atoms with Crippen molar-refractivity contribution < 1.29 is 9.59 Å². The number of carbonyl (C=O) groups excluding carboxylic acids is 2. The van der Waals surface area contributed by atoms with Gasteiger partial charge in [0, 0.05) is 11.4 Å². The minimum absolute atomic E-state index is 0.235. The average Bonchev–Trinajstić information content (AvgIpc) is 2.66. The highest BCUT2D eigenvalue weighted by Gasteiger charge is 2.18. The summed E-state index contributed by atoms with van der Waals surface area (Å²) in [5, 5.41) is 4.98. The van der Waals surface area contributed by atoms with Gasteiger partial charge in [-0.1, -0.05) is 35.4 Å². The van der Waals surface area contributed by atoms with Gasteiger partial charge in [-0.3, -0.25) is 9.59 Å². The Labute approximate surface area is 173 Å². The van der Waals surface area contributed by atoms with Crippen molar-refractivity contribution in [1.82, 2.24) is 0 Å². The van der Waals surface area contributed by atoms with E-state index in [1.807, 2.05) is 62.4 Å². The van der Waals surface area contributed by atoms with Gasteiger partial charge in [-0.05, 0) is 73.4 Å². The molecule has 0 atom stereocenters. The van der Waals surface area contributed by atoms with Crippen molar-refractivity contribution in [2.75, 3.05) is 10.6 Å². The minimum atomic E-state index is -0.643. The Morgan fingerprint density at radius 3 is 1.25 bits per heavy atom. The smallest absolute Gasteiger partial charge is 0.254 e. The van der Waals surface area contributed by atoms with Gasteiger partial charge in [0.25, 0.3) is 10.5 Å². The first kappa shape index (κ1) is 19.9. The van der Waals surface area contributed by atoms with Crippen molar-refractivity contribution in [3.05, 3.63) is 82.9 Å². The van der Waals surface area contributed by atoms with E-state index >= 15 is 0 Å². The van der Waals surface area contributed by atoms with Crippen LogP contribution in [0.4, 0.5) is 22.7 Å². The molecule has 0 radical (unpaired) electrons. The van der Waals surface area contributed by atoms with Crippen molar-refractivity contribution in [2.45, 2.75) is 13.8 Å². The summed E-state index contributed by atoms with van der Waals surface area (Å²) in [5.74, 6) is 0. The monoisotopic (exact) mass is 412 g/mol. The van der Waals surface area contributed by atoms with Crippen LogP contribution in [0.2, 0.25) is 0 Å². The van der Waals surface area contributed by atoms with Crippen molar-refractivity contribution in [2.24, 2.45) is 0 Å². The summed E-state index contributed by atoms with van der Waals surface area (Å²) in [6.45, 7) is 3.96. The molecule has 0 saturated heterocycles. The maximum atomic E-state index is 12.0. The highest BCUT2D eigenvalue weighted by Crippen LogP contribution is 2.32. The Balaban J connectivity index is 2.04. The molecule has 4 nitrogen and oxygen atoms in total. The van der Waals surface area contributed by atoms with E-state index < -0.39 is 10.5 Å². The van der Waals surface area contributed by atoms with Crippen LogP contribution in [0.5, 0.6) is 0 Å². The molecule has 3 aromatic carbocycles. The number of hydrogen-bond donors (Lipinski definition) is 2. The number of carbonyl (C=O) groups is 2. The molecule has 0 aliphatic rings. The maximum Gasteiger partial charge on any atom is 0.254 e. The van der Waals surface area contributed by atoms with E-state index in [0.717, 1.165) is 22.5 Å². The normalized spacial score (nSPS) is 10.4. The zero-order chi connectivity index (χ0) is 20.3. The molecule has 3 rings (SSSR count). The fourth-order valence-electron chi connectivity index (χ4n) is 2.72.